The molecule has 1 aliphatic rings. The molecule has 1 aliphatic heterocycles. The van der Waals surface area contributed by atoms with Crippen molar-refractivity contribution in [2.45, 2.75) is 38.3 Å². The Kier molecular flexibility index (Phi) is 7.16. The first-order valence-electron chi connectivity index (χ1n) is 6.39. The topological polar surface area (TPSA) is 59.6 Å². The largest absolute Gasteiger partial charge is 0.383 e. The molecule has 2 atom stereocenters. The van der Waals surface area contributed by atoms with Gasteiger partial charge in [-0.2, -0.15) is 0 Å². The average Bonchev–Trinajstić information content (AvgIpc) is 2.37. The third kappa shape index (κ3) is 5.48. The molecule has 1 saturated heterocycles. The summed E-state index contributed by atoms with van der Waals surface area (Å²) < 4.78 is 10.5. The molecule has 0 aromatic carbocycles. The van der Waals surface area contributed by atoms with E-state index in [9.17, 15) is 4.79 Å². The van der Waals surface area contributed by atoms with Gasteiger partial charge in [-0.25, -0.2) is 0 Å². The molecular weight excluding hydrogens is 220 g/mol. The van der Waals surface area contributed by atoms with Gasteiger partial charge >= 0.3 is 0 Å². The fraction of sp³-hybridized carbons (Fsp3) is 0.917. The van der Waals surface area contributed by atoms with Gasteiger partial charge in [-0.1, -0.05) is 19.8 Å². The van der Waals surface area contributed by atoms with Gasteiger partial charge < -0.3 is 20.1 Å². The van der Waals surface area contributed by atoms with Crippen LogP contribution in [-0.2, 0) is 14.3 Å². The molecule has 1 rings (SSSR count). The van der Waals surface area contributed by atoms with E-state index in [4.69, 9.17) is 9.47 Å². The van der Waals surface area contributed by atoms with Gasteiger partial charge in [0.25, 0.3) is 5.91 Å². The molecule has 1 amide bonds. The van der Waals surface area contributed by atoms with Crippen LogP contribution in [0, 0.1) is 0 Å². The molecule has 0 aromatic heterocycles. The maximum absolute atomic E-state index is 11.9. The van der Waals surface area contributed by atoms with Gasteiger partial charge in [0.15, 0.2) is 0 Å². The molecule has 0 radical (unpaired) electrons. The van der Waals surface area contributed by atoms with Crippen LogP contribution in [-0.4, -0.2) is 51.5 Å². The summed E-state index contributed by atoms with van der Waals surface area (Å²) in [5, 5.41) is 6.14. The van der Waals surface area contributed by atoms with Crippen molar-refractivity contribution >= 4 is 5.91 Å². The highest BCUT2D eigenvalue weighted by molar-refractivity contribution is 5.81. The molecular formula is C12H24N2O3. The van der Waals surface area contributed by atoms with E-state index in [-0.39, 0.29) is 18.1 Å². The van der Waals surface area contributed by atoms with Crippen molar-refractivity contribution in [2.24, 2.45) is 0 Å². The SMILES string of the molecule is CCCCC(COC)NC(=O)C1CNCCO1. The first-order chi connectivity index (χ1) is 8.27. The number of nitrogens with one attached hydrogen (secondary N) is 2. The zero-order valence-electron chi connectivity index (χ0n) is 10.8. The molecule has 2 unspecified atom stereocenters. The maximum atomic E-state index is 11.9. The Hall–Kier alpha value is -0.650. The monoisotopic (exact) mass is 244 g/mol. The first-order valence-corrected chi connectivity index (χ1v) is 6.39. The van der Waals surface area contributed by atoms with Crippen molar-refractivity contribution in [3.05, 3.63) is 0 Å². The van der Waals surface area contributed by atoms with Crippen LogP contribution < -0.4 is 10.6 Å². The molecule has 0 aliphatic carbocycles. The van der Waals surface area contributed by atoms with E-state index < -0.39 is 0 Å². The van der Waals surface area contributed by atoms with Crippen LogP contribution in [0.2, 0.25) is 0 Å². The Morgan fingerprint density at radius 2 is 2.47 bits per heavy atom. The summed E-state index contributed by atoms with van der Waals surface area (Å²) >= 11 is 0. The highest BCUT2D eigenvalue weighted by Gasteiger charge is 2.23. The molecule has 1 heterocycles. The normalized spacial score (nSPS) is 22.1. The fourth-order valence-electron chi connectivity index (χ4n) is 1.88. The molecule has 0 spiro atoms. The number of morpholine rings is 1. The van der Waals surface area contributed by atoms with Crippen molar-refractivity contribution in [2.75, 3.05) is 33.4 Å². The van der Waals surface area contributed by atoms with Crippen molar-refractivity contribution in [3.8, 4) is 0 Å². The minimum absolute atomic E-state index is 0.0321. The lowest BCUT2D eigenvalue weighted by molar-refractivity contribution is -0.135. The van der Waals surface area contributed by atoms with E-state index in [0.29, 0.717) is 19.8 Å². The van der Waals surface area contributed by atoms with Gasteiger partial charge in [0.05, 0.1) is 19.3 Å². The maximum Gasteiger partial charge on any atom is 0.250 e. The number of ether oxygens (including phenoxy) is 2. The van der Waals surface area contributed by atoms with Gasteiger partial charge in [-0.05, 0) is 6.42 Å². The van der Waals surface area contributed by atoms with Crippen molar-refractivity contribution in [3.63, 3.8) is 0 Å². The highest BCUT2D eigenvalue weighted by Crippen LogP contribution is 2.03. The molecule has 0 bridgehead atoms. The second kappa shape index (κ2) is 8.44. The number of carbonyl (C=O) groups excluding carboxylic acids is 1. The zero-order chi connectivity index (χ0) is 12.5. The lowest BCUT2D eigenvalue weighted by Gasteiger charge is -2.25. The van der Waals surface area contributed by atoms with Crippen molar-refractivity contribution in [1.29, 1.82) is 0 Å². The second-order valence-corrected chi connectivity index (χ2v) is 4.37. The van der Waals surface area contributed by atoms with Crippen LogP contribution in [0.5, 0.6) is 0 Å². The number of rotatable bonds is 7. The summed E-state index contributed by atoms with van der Waals surface area (Å²) in [6.45, 7) is 4.72. The first kappa shape index (κ1) is 14.4. The minimum Gasteiger partial charge on any atom is -0.383 e. The fourth-order valence-corrected chi connectivity index (χ4v) is 1.88. The Morgan fingerprint density at radius 1 is 1.65 bits per heavy atom. The van der Waals surface area contributed by atoms with Gasteiger partial charge in [-0.15, -0.1) is 0 Å². The van der Waals surface area contributed by atoms with Gasteiger partial charge in [0.2, 0.25) is 0 Å². The molecule has 5 heteroatoms. The summed E-state index contributed by atoms with van der Waals surface area (Å²) in [5.74, 6) is -0.0321. The van der Waals surface area contributed by atoms with Crippen LogP contribution in [0.1, 0.15) is 26.2 Å². The zero-order valence-corrected chi connectivity index (χ0v) is 10.8. The lowest BCUT2D eigenvalue weighted by Crippen LogP contribution is -2.51. The molecule has 5 nitrogen and oxygen atoms in total. The van der Waals surface area contributed by atoms with Gasteiger partial charge in [-0.3, -0.25) is 4.79 Å². The summed E-state index contributed by atoms with van der Waals surface area (Å²) in [6.07, 6.45) is 2.82. The molecule has 2 N–H and O–H groups in total. The van der Waals surface area contributed by atoms with E-state index in [1.807, 2.05) is 0 Å². The third-order valence-corrected chi connectivity index (χ3v) is 2.84. The number of hydrogen-bond acceptors (Lipinski definition) is 4. The number of methoxy groups -OCH3 is 1. The van der Waals surface area contributed by atoms with Gasteiger partial charge in [0.1, 0.15) is 6.10 Å². The Bertz CT molecular complexity index is 218. The molecule has 1 fully saturated rings. The number of hydrogen-bond donors (Lipinski definition) is 2. The smallest absolute Gasteiger partial charge is 0.250 e. The van der Waals surface area contributed by atoms with E-state index in [1.54, 1.807) is 7.11 Å². The van der Waals surface area contributed by atoms with E-state index in [0.717, 1.165) is 25.8 Å². The molecule has 100 valence electrons. The quantitative estimate of drug-likeness (QED) is 0.676. The van der Waals surface area contributed by atoms with E-state index in [1.165, 1.54) is 0 Å². The van der Waals surface area contributed by atoms with Crippen LogP contribution in [0.4, 0.5) is 0 Å². The van der Waals surface area contributed by atoms with Crippen molar-refractivity contribution < 1.29 is 14.3 Å². The van der Waals surface area contributed by atoms with Crippen LogP contribution >= 0.6 is 0 Å². The third-order valence-electron chi connectivity index (χ3n) is 2.84. The molecule has 0 aromatic rings. The molecule has 17 heavy (non-hydrogen) atoms. The Labute approximate surface area is 103 Å². The number of amides is 1. The Balaban J connectivity index is 2.33. The van der Waals surface area contributed by atoms with Crippen LogP contribution in [0.25, 0.3) is 0 Å². The van der Waals surface area contributed by atoms with E-state index >= 15 is 0 Å². The van der Waals surface area contributed by atoms with Crippen LogP contribution in [0.3, 0.4) is 0 Å². The lowest BCUT2D eigenvalue weighted by atomic mass is 10.1. The number of unbranched alkanes of at least 4 members (excludes halogenated alkanes) is 1. The standard InChI is InChI=1S/C12H24N2O3/c1-3-4-5-10(9-16-2)14-12(15)11-8-13-6-7-17-11/h10-11,13H,3-9H2,1-2H3,(H,14,15). The molecule has 0 saturated carbocycles. The highest BCUT2D eigenvalue weighted by atomic mass is 16.5. The van der Waals surface area contributed by atoms with Gasteiger partial charge in [0, 0.05) is 20.2 Å². The second-order valence-electron chi connectivity index (χ2n) is 4.37. The summed E-state index contributed by atoms with van der Waals surface area (Å²) in [6, 6.07) is 0.0953. The summed E-state index contributed by atoms with van der Waals surface area (Å²) in [4.78, 5) is 11.9. The van der Waals surface area contributed by atoms with E-state index in [2.05, 4.69) is 17.6 Å². The minimum atomic E-state index is -0.357. The predicted molar refractivity (Wildman–Crippen MR) is 65.9 cm³/mol. The summed E-state index contributed by atoms with van der Waals surface area (Å²) in [7, 11) is 1.66. The summed E-state index contributed by atoms with van der Waals surface area (Å²) in [5.41, 5.74) is 0. The van der Waals surface area contributed by atoms with Crippen molar-refractivity contribution in [1.82, 2.24) is 10.6 Å². The van der Waals surface area contributed by atoms with Crippen LogP contribution in [0.15, 0.2) is 0 Å². The predicted octanol–water partition coefficient (Wildman–Crippen LogP) is 0.296. The number of carbonyl (C=O) groups is 1. The Morgan fingerprint density at radius 3 is 3.06 bits per heavy atom. The average molecular weight is 244 g/mol.